The van der Waals surface area contributed by atoms with Crippen molar-refractivity contribution >= 4 is 17.8 Å². The summed E-state index contributed by atoms with van der Waals surface area (Å²) in [4.78, 5) is 14.7. The van der Waals surface area contributed by atoms with Crippen LogP contribution in [0.1, 0.15) is 55.7 Å². The molecule has 2 saturated heterocycles. The van der Waals surface area contributed by atoms with Gasteiger partial charge in [0.15, 0.2) is 0 Å². The summed E-state index contributed by atoms with van der Waals surface area (Å²) in [6.07, 6.45) is 1.19. The van der Waals surface area contributed by atoms with Crippen molar-refractivity contribution in [3.63, 3.8) is 0 Å². The molecule has 1 aromatic carbocycles. The van der Waals surface area contributed by atoms with E-state index in [1.807, 2.05) is 18.7 Å². The molecule has 0 saturated carbocycles. The monoisotopic (exact) mass is 457 g/mol. The SMILES string of the molecule is Cc1cc(C[C@@]2(C)CNCCN2C(=O)OC(C)C)c(C)c(Nc2nnc([C@@H]3CCOC3)o2)c1. The van der Waals surface area contributed by atoms with Gasteiger partial charge in [-0.05, 0) is 70.2 Å². The van der Waals surface area contributed by atoms with Gasteiger partial charge in [-0.15, -0.1) is 5.10 Å². The Morgan fingerprint density at radius 1 is 1.36 bits per heavy atom. The van der Waals surface area contributed by atoms with E-state index < -0.39 is 5.54 Å². The van der Waals surface area contributed by atoms with Crippen molar-refractivity contribution in [2.45, 2.75) is 65.0 Å². The molecular formula is C24H35N5O4. The largest absolute Gasteiger partial charge is 0.447 e. The Hall–Kier alpha value is -2.65. The third-order valence-electron chi connectivity index (χ3n) is 6.42. The number of carbonyl (C=O) groups excluding carboxylic acids is 1. The van der Waals surface area contributed by atoms with Gasteiger partial charge in [-0.25, -0.2) is 4.79 Å². The third kappa shape index (κ3) is 5.30. The molecule has 180 valence electrons. The maximum absolute atomic E-state index is 12.8. The Balaban J connectivity index is 1.55. The standard InChI is InChI=1S/C24H35N5O4/c1-15(2)32-23(30)29-8-7-25-14-24(29,5)12-19-10-16(3)11-20(17(19)4)26-22-28-27-21(33-22)18-6-9-31-13-18/h10-11,15,18,25H,6-9,12-14H2,1-5H3,(H,26,28)/t18-,24+/m1/s1. The Labute approximate surface area is 195 Å². The molecular weight excluding hydrogens is 422 g/mol. The van der Waals surface area contributed by atoms with E-state index in [0.717, 1.165) is 42.0 Å². The molecule has 2 fully saturated rings. The highest BCUT2D eigenvalue weighted by Gasteiger charge is 2.39. The van der Waals surface area contributed by atoms with Crippen LogP contribution in [0.5, 0.6) is 0 Å². The summed E-state index contributed by atoms with van der Waals surface area (Å²) in [5.41, 5.74) is 3.89. The lowest BCUT2D eigenvalue weighted by Crippen LogP contribution is -2.62. The maximum Gasteiger partial charge on any atom is 0.410 e. The highest BCUT2D eigenvalue weighted by molar-refractivity contribution is 5.69. The minimum absolute atomic E-state index is 0.150. The van der Waals surface area contributed by atoms with E-state index in [1.54, 1.807) is 0 Å². The van der Waals surface area contributed by atoms with E-state index in [-0.39, 0.29) is 18.1 Å². The van der Waals surface area contributed by atoms with Gasteiger partial charge in [0, 0.05) is 31.9 Å². The predicted octanol–water partition coefficient (Wildman–Crippen LogP) is 3.69. The van der Waals surface area contributed by atoms with Crippen LogP contribution in [0.4, 0.5) is 16.5 Å². The first-order chi connectivity index (χ1) is 15.7. The average molecular weight is 458 g/mol. The Kier molecular flexibility index (Phi) is 6.90. The Morgan fingerprint density at radius 3 is 2.91 bits per heavy atom. The van der Waals surface area contributed by atoms with Gasteiger partial charge in [-0.1, -0.05) is 11.2 Å². The number of rotatable bonds is 6. The molecule has 9 heteroatoms. The number of anilines is 2. The molecule has 4 rings (SSSR count). The fourth-order valence-corrected chi connectivity index (χ4v) is 4.60. The van der Waals surface area contributed by atoms with Crippen LogP contribution in [-0.4, -0.2) is 65.7 Å². The quantitative estimate of drug-likeness (QED) is 0.677. The zero-order valence-electron chi connectivity index (χ0n) is 20.2. The molecule has 2 N–H and O–H groups in total. The van der Waals surface area contributed by atoms with E-state index in [4.69, 9.17) is 13.9 Å². The second-order valence-corrected chi connectivity index (χ2v) is 9.66. The van der Waals surface area contributed by atoms with Crippen LogP contribution in [0.3, 0.4) is 0 Å². The van der Waals surface area contributed by atoms with E-state index in [1.165, 1.54) is 0 Å². The van der Waals surface area contributed by atoms with Gasteiger partial charge >= 0.3 is 12.1 Å². The molecule has 0 aliphatic carbocycles. The zero-order chi connectivity index (χ0) is 23.6. The minimum atomic E-state index is -0.403. The highest BCUT2D eigenvalue weighted by Crippen LogP contribution is 2.31. The smallest absolute Gasteiger partial charge is 0.410 e. The number of nitrogens with one attached hydrogen (secondary N) is 2. The summed E-state index contributed by atoms with van der Waals surface area (Å²) in [6.45, 7) is 13.4. The minimum Gasteiger partial charge on any atom is -0.447 e. The number of carbonyl (C=O) groups is 1. The lowest BCUT2D eigenvalue weighted by molar-refractivity contribution is 0.0272. The maximum atomic E-state index is 12.8. The average Bonchev–Trinajstić information content (AvgIpc) is 3.43. The number of aryl methyl sites for hydroxylation is 1. The first kappa shape index (κ1) is 23.5. The van der Waals surface area contributed by atoms with Crippen LogP contribution in [0.2, 0.25) is 0 Å². The molecule has 2 aromatic rings. The van der Waals surface area contributed by atoms with Gasteiger partial charge in [0.1, 0.15) is 0 Å². The van der Waals surface area contributed by atoms with Crippen LogP contribution < -0.4 is 10.6 Å². The lowest BCUT2D eigenvalue weighted by atomic mass is 9.86. The van der Waals surface area contributed by atoms with Gasteiger partial charge in [0.2, 0.25) is 5.89 Å². The normalized spacial score (nSPS) is 23.2. The van der Waals surface area contributed by atoms with Crippen molar-refractivity contribution in [1.82, 2.24) is 20.4 Å². The highest BCUT2D eigenvalue weighted by atomic mass is 16.6. The van der Waals surface area contributed by atoms with Crippen molar-refractivity contribution < 1.29 is 18.7 Å². The molecule has 0 bridgehead atoms. The topological polar surface area (TPSA) is 102 Å². The van der Waals surface area contributed by atoms with E-state index in [9.17, 15) is 4.79 Å². The van der Waals surface area contributed by atoms with Crippen molar-refractivity contribution in [2.75, 3.05) is 38.2 Å². The van der Waals surface area contributed by atoms with Gasteiger partial charge in [-0.3, -0.25) is 4.90 Å². The number of nitrogens with zero attached hydrogens (tertiary/aromatic N) is 3. The zero-order valence-corrected chi connectivity index (χ0v) is 20.2. The lowest BCUT2D eigenvalue weighted by Gasteiger charge is -2.45. The molecule has 2 aliphatic rings. The first-order valence-corrected chi connectivity index (χ1v) is 11.7. The summed E-state index contributed by atoms with van der Waals surface area (Å²) < 4.78 is 16.8. The number of ether oxygens (including phenoxy) is 2. The van der Waals surface area contributed by atoms with Gasteiger partial charge in [0.05, 0.1) is 24.2 Å². The van der Waals surface area contributed by atoms with Crippen molar-refractivity contribution in [3.05, 3.63) is 34.7 Å². The van der Waals surface area contributed by atoms with Crippen LogP contribution in [0.15, 0.2) is 16.5 Å². The summed E-state index contributed by atoms with van der Waals surface area (Å²) in [5, 5.41) is 15.1. The molecule has 2 atom stereocenters. The molecule has 9 nitrogen and oxygen atoms in total. The number of benzene rings is 1. The molecule has 33 heavy (non-hydrogen) atoms. The van der Waals surface area contributed by atoms with E-state index in [2.05, 4.69) is 53.7 Å². The molecule has 3 heterocycles. The number of hydrogen-bond acceptors (Lipinski definition) is 8. The van der Waals surface area contributed by atoms with Crippen LogP contribution in [0.25, 0.3) is 0 Å². The second kappa shape index (κ2) is 9.69. The van der Waals surface area contributed by atoms with Gasteiger partial charge < -0.3 is 24.5 Å². The molecule has 1 aromatic heterocycles. The van der Waals surface area contributed by atoms with Crippen LogP contribution in [-0.2, 0) is 15.9 Å². The molecule has 0 spiro atoms. The first-order valence-electron chi connectivity index (χ1n) is 11.7. The number of piperazine rings is 1. The fourth-order valence-electron chi connectivity index (χ4n) is 4.60. The summed E-state index contributed by atoms with van der Waals surface area (Å²) in [7, 11) is 0. The third-order valence-corrected chi connectivity index (χ3v) is 6.42. The predicted molar refractivity (Wildman–Crippen MR) is 125 cm³/mol. The Morgan fingerprint density at radius 2 is 2.18 bits per heavy atom. The molecule has 1 amide bonds. The number of hydrogen-bond donors (Lipinski definition) is 2. The fraction of sp³-hybridized carbons (Fsp3) is 0.625. The second-order valence-electron chi connectivity index (χ2n) is 9.66. The van der Waals surface area contributed by atoms with Crippen molar-refractivity contribution in [3.8, 4) is 0 Å². The van der Waals surface area contributed by atoms with E-state index in [0.29, 0.717) is 38.0 Å². The van der Waals surface area contributed by atoms with Gasteiger partial charge in [0.25, 0.3) is 0 Å². The summed E-state index contributed by atoms with van der Waals surface area (Å²) in [6, 6.07) is 4.64. The summed E-state index contributed by atoms with van der Waals surface area (Å²) in [5.74, 6) is 0.776. The molecule has 2 aliphatic heterocycles. The number of amides is 1. The molecule has 0 unspecified atom stereocenters. The van der Waals surface area contributed by atoms with Crippen LogP contribution >= 0.6 is 0 Å². The van der Waals surface area contributed by atoms with Crippen molar-refractivity contribution in [1.29, 1.82) is 0 Å². The van der Waals surface area contributed by atoms with Crippen molar-refractivity contribution in [2.24, 2.45) is 0 Å². The summed E-state index contributed by atoms with van der Waals surface area (Å²) >= 11 is 0. The van der Waals surface area contributed by atoms with E-state index >= 15 is 0 Å². The van der Waals surface area contributed by atoms with Gasteiger partial charge in [-0.2, -0.15) is 0 Å². The number of aromatic nitrogens is 2. The van der Waals surface area contributed by atoms with Crippen LogP contribution in [0, 0.1) is 13.8 Å². The Bertz CT molecular complexity index is 985. The molecule has 0 radical (unpaired) electrons.